The molecule has 1 saturated heterocycles. The molecule has 0 aromatic carbocycles. The van der Waals surface area contributed by atoms with Gasteiger partial charge in [0.2, 0.25) is 5.91 Å². The van der Waals surface area contributed by atoms with Crippen LogP contribution in [0.5, 0.6) is 0 Å². The van der Waals surface area contributed by atoms with Gasteiger partial charge in [-0.3, -0.25) is 14.6 Å². The van der Waals surface area contributed by atoms with E-state index in [1.165, 1.54) is 0 Å². The molecule has 150 valence electrons. The fourth-order valence-electron chi connectivity index (χ4n) is 3.40. The van der Waals surface area contributed by atoms with E-state index in [9.17, 15) is 14.4 Å². The predicted molar refractivity (Wildman–Crippen MR) is 106 cm³/mol. The van der Waals surface area contributed by atoms with Crippen LogP contribution in [0.15, 0.2) is 27.9 Å². The van der Waals surface area contributed by atoms with Crippen LogP contribution in [0.25, 0.3) is 0 Å². The van der Waals surface area contributed by atoms with Gasteiger partial charge in [0.05, 0.1) is 24.1 Å². The monoisotopic (exact) mass is 387 g/mol. The van der Waals surface area contributed by atoms with Crippen molar-refractivity contribution in [3.63, 3.8) is 0 Å². The SMILES string of the molecule is Cc1[nH]c(=O)[nH]c(=O)c1CCC(=O)Nc1ccc(N2C[C@@H](C)O[C@@H](C)C2)nc1. The van der Waals surface area contributed by atoms with Crippen molar-refractivity contribution in [2.75, 3.05) is 23.3 Å². The van der Waals surface area contributed by atoms with E-state index in [1.54, 1.807) is 13.1 Å². The highest BCUT2D eigenvalue weighted by molar-refractivity contribution is 5.90. The standard InChI is InChI=1S/C19H25N5O4/c1-11-9-24(10-12(2)28-11)16-6-4-14(8-20-16)22-17(25)7-5-15-13(3)21-19(27)23-18(15)26/h4,6,8,11-12H,5,7,9-10H2,1-3H3,(H,22,25)(H2,21,23,26,27)/t11-,12+. The van der Waals surface area contributed by atoms with Gasteiger partial charge in [0.1, 0.15) is 5.82 Å². The Morgan fingerprint density at radius 1 is 1.25 bits per heavy atom. The van der Waals surface area contributed by atoms with E-state index in [-0.39, 0.29) is 31.0 Å². The number of aromatic nitrogens is 3. The smallest absolute Gasteiger partial charge is 0.325 e. The molecule has 9 heteroatoms. The Morgan fingerprint density at radius 3 is 2.57 bits per heavy atom. The van der Waals surface area contributed by atoms with E-state index in [0.29, 0.717) is 16.9 Å². The van der Waals surface area contributed by atoms with Gasteiger partial charge in [0.25, 0.3) is 5.56 Å². The van der Waals surface area contributed by atoms with Crippen LogP contribution < -0.4 is 21.5 Å². The Balaban J connectivity index is 1.58. The Labute approximate surface area is 162 Å². The minimum absolute atomic E-state index is 0.121. The molecule has 0 radical (unpaired) electrons. The summed E-state index contributed by atoms with van der Waals surface area (Å²) in [6, 6.07) is 3.68. The summed E-state index contributed by atoms with van der Waals surface area (Å²) in [6.07, 6.45) is 2.26. The Kier molecular flexibility index (Phi) is 5.93. The largest absolute Gasteiger partial charge is 0.372 e. The number of hydrogen-bond acceptors (Lipinski definition) is 6. The van der Waals surface area contributed by atoms with Crippen molar-refractivity contribution in [1.29, 1.82) is 0 Å². The van der Waals surface area contributed by atoms with Gasteiger partial charge >= 0.3 is 5.69 Å². The molecular formula is C19H25N5O4. The Morgan fingerprint density at radius 2 is 1.96 bits per heavy atom. The molecule has 0 unspecified atom stereocenters. The molecule has 0 spiro atoms. The summed E-state index contributed by atoms with van der Waals surface area (Å²) in [5, 5.41) is 2.78. The third-order valence-electron chi connectivity index (χ3n) is 4.63. The van der Waals surface area contributed by atoms with Crippen molar-refractivity contribution < 1.29 is 9.53 Å². The number of aromatic amines is 2. The van der Waals surface area contributed by atoms with E-state index in [1.807, 2.05) is 26.0 Å². The molecule has 3 N–H and O–H groups in total. The van der Waals surface area contributed by atoms with E-state index >= 15 is 0 Å². The molecule has 2 aromatic heterocycles. The lowest BCUT2D eigenvalue weighted by Gasteiger charge is -2.36. The molecule has 2 aromatic rings. The van der Waals surface area contributed by atoms with Gasteiger partial charge in [-0.25, -0.2) is 9.78 Å². The molecule has 28 heavy (non-hydrogen) atoms. The van der Waals surface area contributed by atoms with Crippen LogP contribution in [0.2, 0.25) is 0 Å². The fourth-order valence-corrected chi connectivity index (χ4v) is 3.40. The van der Waals surface area contributed by atoms with Gasteiger partial charge in [0, 0.05) is 30.8 Å². The normalized spacial score (nSPS) is 19.5. The lowest BCUT2D eigenvalue weighted by molar-refractivity contribution is -0.116. The third kappa shape index (κ3) is 4.86. The number of morpholine rings is 1. The lowest BCUT2D eigenvalue weighted by Crippen LogP contribution is -2.45. The first kappa shape index (κ1) is 19.8. The summed E-state index contributed by atoms with van der Waals surface area (Å²) < 4.78 is 5.73. The molecule has 3 rings (SSSR count). The molecule has 1 aliphatic heterocycles. The van der Waals surface area contributed by atoms with Crippen molar-refractivity contribution in [3.8, 4) is 0 Å². The quantitative estimate of drug-likeness (QED) is 0.703. The summed E-state index contributed by atoms with van der Waals surface area (Å²) >= 11 is 0. The number of amides is 1. The first-order chi connectivity index (χ1) is 13.3. The molecule has 9 nitrogen and oxygen atoms in total. The van der Waals surface area contributed by atoms with Crippen molar-refractivity contribution in [1.82, 2.24) is 15.0 Å². The lowest BCUT2D eigenvalue weighted by atomic mass is 10.1. The number of hydrogen-bond donors (Lipinski definition) is 3. The number of rotatable bonds is 5. The highest BCUT2D eigenvalue weighted by Gasteiger charge is 2.23. The second-order valence-electron chi connectivity index (χ2n) is 7.13. The molecule has 0 aliphatic carbocycles. The summed E-state index contributed by atoms with van der Waals surface area (Å²) in [5.74, 6) is 0.614. The summed E-state index contributed by atoms with van der Waals surface area (Å²) in [6.45, 7) is 7.25. The number of nitrogens with zero attached hydrogens (tertiary/aromatic N) is 2. The second-order valence-corrected chi connectivity index (χ2v) is 7.13. The van der Waals surface area contributed by atoms with Crippen molar-refractivity contribution in [2.45, 2.75) is 45.8 Å². The zero-order valence-electron chi connectivity index (χ0n) is 16.2. The second kappa shape index (κ2) is 8.39. The minimum Gasteiger partial charge on any atom is -0.372 e. The number of carbonyl (C=O) groups is 1. The van der Waals surface area contributed by atoms with E-state index in [0.717, 1.165) is 18.9 Å². The van der Waals surface area contributed by atoms with Gasteiger partial charge in [0.15, 0.2) is 0 Å². The molecular weight excluding hydrogens is 362 g/mol. The maximum Gasteiger partial charge on any atom is 0.325 e. The van der Waals surface area contributed by atoms with E-state index in [2.05, 4.69) is 25.2 Å². The molecule has 0 bridgehead atoms. The zero-order valence-corrected chi connectivity index (χ0v) is 16.2. The molecule has 1 aliphatic rings. The average molecular weight is 387 g/mol. The molecule has 2 atom stereocenters. The van der Waals surface area contributed by atoms with Crippen molar-refractivity contribution in [3.05, 3.63) is 50.4 Å². The highest BCUT2D eigenvalue weighted by atomic mass is 16.5. The number of aryl methyl sites for hydroxylation is 1. The summed E-state index contributed by atoms with van der Waals surface area (Å²) in [7, 11) is 0. The fraction of sp³-hybridized carbons (Fsp3) is 0.474. The van der Waals surface area contributed by atoms with Gasteiger partial charge in [-0.2, -0.15) is 0 Å². The van der Waals surface area contributed by atoms with Crippen LogP contribution >= 0.6 is 0 Å². The molecule has 1 amide bonds. The number of ether oxygens (including phenoxy) is 1. The molecule has 0 saturated carbocycles. The van der Waals surface area contributed by atoms with Crippen LogP contribution in [-0.2, 0) is 16.0 Å². The number of anilines is 2. The average Bonchev–Trinajstić information content (AvgIpc) is 2.60. The van der Waals surface area contributed by atoms with Crippen molar-refractivity contribution >= 4 is 17.4 Å². The Bertz CT molecular complexity index is 940. The molecule has 3 heterocycles. The van der Waals surface area contributed by atoms with Gasteiger partial charge < -0.3 is 19.9 Å². The number of pyridine rings is 1. The first-order valence-electron chi connectivity index (χ1n) is 9.30. The maximum absolute atomic E-state index is 12.2. The number of nitrogens with one attached hydrogen (secondary N) is 3. The van der Waals surface area contributed by atoms with Crippen LogP contribution in [0.1, 0.15) is 31.5 Å². The van der Waals surface area contributed by atoms with E-state index in [4.69, 9.17) is 4.74 Å². The molecule has 1 fully saturated rings. The highest BCUT2D eigenvalue weighted by Crippen LogP contribution is 2.19. The summed E-state index contributed by atoms with van der Waals surface area (Å²) in [4.78, 5) is 46.6. The van der Waals surface area contributed by atoms with Gasteiger partial charge in [-0.1, -0.05) is 0 Å². The van der Waals surface area contributed by atoms with Crippen LogP contribution in [0.3, 0.4) is 0 Å². The minimum atomic E-state index is -0.550. The Hall–Kier alpha value is -2.94. The summed E-state index contributed by atoms with van der Waals surface area (Å²) in [5.41, 5.74) is 0.454. The maximum atomic E-state index is 12.2. The first-order valence-corrected chi connectivity index (χ1v) is 9.30. The van der Waals surface area contributed by atoms with Gasteiger partial charge in [-0.05, 0) is 39.3 Å². The third-order valence-corrected chi connectivity index (χ3v) is 4.63. The number of carbonyl (C=O) groups excluding carboxylic acids is 1. The topological polar surface area (TPSA) is 120 Å². The predicted octanol–water partition coefficient (Wildman–Crippen LogP) is 0.952. The van der Waals surface area contributed by atoms with E-state index < -0.39 is 11.2 Å². The van der Waals surface area contributed by atoms with Crippen LogP contribution in [0.4, 0.5) is 11.5 Å². The van der Waals surface area contributed by atoms with Gasteiger partial charge in [-0.15, -0.1) is 0 Å². The number of H-pyrrole nitrogens is 2. The zero-order chi connectivity index (χ0) is 20.3. The van der Waals surface area contributed by atoms with Crippen molar-refractivity contribution in [2.24, 2.45) is 0 Å². The van der Waals surface area contributed by atoms with Crippen LogP contribution in [0, 0.1) is 6.92 Å². The van der Waals surface area contributed by atoms with Crippen LogP contribution in [-0.4, -0.2) is 46.2 Å².